The van der Waals surface area contributed by atoms with Crippen LogP contribution in [-0.2, 0) is 30.5 Å². The number of piperazine rings is 1. The van der Waals surface area contributed by atoms with Gasteiger partial charge in [-0.15, -0.1) is 11.3 Å². The maximum atomic E-state index is 15.7. The van der Waals surface area contributed by atoms with E-state index in [1.807, 2.05) is 70.5 Å². The number of thiazole rings is 1. The molecule has 22 heteroatoms. The molecule has 6 saturated heterocycles. The minimum Gasteiger partial charge on any atom is -0.391 e. The molecule has 6 atom stereocenters. The molecule has 6 fully saturated rings. The average molecular weight is 1170 g/mol. The number of fused-ring (bicyclic) bond motifs is 1. The summed E-state index contributed by atoms with van der Waals surface area (Å²) in [7, 11) is 0. The number of rotatable bonds is 19. The second kappa shape index (κ2) is 25.4. The summed E-state index contributed by atoms with van der Waals surface area (Å²) in [6, 6.07) is 10.4. The van der Waals surface area contributed by atoms with Crippen LogP contribution < -0.4 is 31.1 Å². The van der Waals surface area contributed by atoms with Crippen molar-refractivity contribution >= 4 is 52.3 Å². The second-order valence-electron chi connectivity index (χ2n) is 26.2. The van der Waals surface area contributed by atoms with Gasteiger partial charge in [-0.3, -0.25) is 29.0 Å². The van der Waals surface area contributed by atoms with Crippen molar-refractivity contribution in [2.24, 2.45) is 22.7 Å². The highest BCUT2D eigenvalue weighted by molar-refractivity contribution is 7.13. The summed E-state index contributed by atoms with van der Waals surface area (Å²) >= 11 is 1.58. The highest BCUT2D eigenvalue weighted by atomic mass is 32.1. The monoisotopic (exact) mass is 1170 g/mol. The van der Waals surface area contributed by atoms with E-state index >= 15 is 8.78 Å². The number of nitrogens with one attached hydrogen (secondary N) is 4. The normalized spacial score (nSPS) is 23.7. The standard InChI is InChI=1S/C61H85F2N13O6S/c1-39(41-8-10-42(11-9-41)55-40(2)67-38-83-55)68-57(80)50-25-46(77)33-76(50)58(81)56(59(3,4)5)69-53(78)34-73-31-44-29-72(30-45(44)32-73)21-23-82-22-16-64-51-27-52(66-37-65-51)74-19-14-61(15-20-74)36-75(35-54(79)70-61)49-26-47(62)43(24-48(49)63)28-71-17-12-60(6,7)13-18-71/h8-11,24,26-27,37-39,44-46,50,56,77H,12-23,25,28-36H2,1-7H3,(H,68,80)(H,69,78)(H,70,79)(H,64,65,66)/t39-,44-,45+,46+,50-,56+/m0/s1. The molecule has 19 nitrogen and oxygen atoms in total. The number of β-amino-alcohol motifs (C(OH)–C–C–N with tert-alkyl or cyclic N) is 1. The lowest BCUT2D eigenvalue weighted by atomic mass is 9.82. The smallest absolute Gasteiger partial charge is 0.246 e. The van der Waals surface area contributed by atoms with E-state index in [-0.39, 0.29) is 66.8 Å². The van der Waals surface area contributed by atoms with Gasteiger partial charge in [0.25, 0.3) is 0 Å². The molecule has 2 aromatic carbocycles. The number of aliphatic hydroxyl groups excluding tert-OH is 1. The van der Waals surface area contributed by atoms with Crippen molar-refractivity contribution in [2.75, 3.05) is 120 Å². The van der Waals surface area contributed by atoms with Crippen LogP contribution in [-0.4, -0.2) is 192 Å². The fourth-order valence-electron chi connectivity index (χ4n) is 13.2. The summed E-state index contributed by atoms with van der Waals surface area (Å²) in [6.45, 7) is 23.7. The molecule has 6 aliphatic heterocycles. The number of aryl methyl sites for hydroxylation is 1. The minimum absolute atomic E-state index is 0.00918. The summed E-state index contributed by atoms with van der Waals surface area (Å²) in [5, 5.41) is 23.4. The predicted molar refractivity (Wildman–Crippen MR) is 317 cm³/mol. The average Bonchev–Trinajstić information content (AvgIpc) is 4.45. The number of aliphatic hydroxyl groups is 1. The van der Waals surface area contributed by atoms with Gasteiger partial charge in [0.1, 0.15) is 41.7 Å². The molecular weight excluding hydrogens is 1080 g/mol. The predicted octanol–water partition coefficient (Wildman–Crippen LogP) is 5.45. The molecule has 0 bridgehead atoms. The van der Waals surface area contributed by atoms with Gasteiger partial charge in [0.2, 0.25) is 23.6 Å². The van der Waals surface area contributed by atoms with E-state index in [9.17, 15) is 24.3 Å². The number of ether oxygens (including phenoxy) is 1. The number of aromatic nitrogens is 3. The van der Waals surface area contributed by atoms with Crippen molar-refractivity contribution in [1.82, 2.24) is 50.5 Å². The highest BCUT2D eigenvalue weighted by Crippen LogP contribution is 2.36. The fourth-order valence-corrected chi connectivity index (χ4v) is 14.0. The number of nitrogens with zero attached hydrogens (tertiary/aromatic N) is 9. The first-order chi connectivity index (χ1) is 39.6. The Morgan fingerprint density at radius 3 is 2.27 bits per heavy atom. The van der Waals surface area contributed by atoms with Crippen molar-refractivity contribution in [2.45, 2.75) is 117 Å². The SMILES string of the molecule is Cc1ncsc1-c1ccc([C@H](C)NC(=O)[C@@H]2C[C@@H](O)CN2C(=O)[C@@H](NC(=O)CN2C[C@H]3CN(CCOCCNc4cc(N5CCC6(CC5)CN(c5cc(F)c(CN7CCC(C)(C)CC7)cc5F)CC(=O)N6)ncn4)C[C@H]3C2)C(C)(C)C)cc1. The zero-order valence-corrected chi connectivity index (χ0v) is 50.2. The molecule has 0 unspecified atom stereocenters. The molecule has 0 saturated carbocycles. The van der Waals surface area contributed by atoms with Gasteiger partial charge in [-0.25, -0.2) is 23.7 Å². The molecule has 83 heavy (non-hydrogen) atoms. The fraction of sp³-hybridized carbons (Fsp3) is 0.623. The van der Waals surface area contributed by atoms with Crippen molar-refractivity contribution in [3.05, 3.63) is 82.8 Å². The quantitative estimate of drug-likeness (QED) is 0.0742. The first kappa shape index (κ1) is 60.2. The van der Waals surface area contributed by atoms with Crippen LogP contribution in [0, 0.1) is 41.2 Å². The molecule has 0 aliphatic carbocycles. The van der Waals surface area contributed by atoms with E-state index in [0.29, 0.717) is 82.0 Å². The highest BCUT2D eigenvalue weighted by Gasteiger charge is 2.47. The number of carbonyl (C=O) groups excluding carboxylic acids is 4. The van der Waals surface area contributed by atoms with Crippen LogP contribution in [0.25, 0.3) is 10.4 Å². The van der Waals surface area contributed by atoms with Gasteiger partial charge in [-0.2, -0.15) is 0 Å². The van der Waals surface area contributed by atoms with Crippen molar-refractivity contribution in [1.29, 1.82) is 0 Å². The lowest BCUT2D eigenvalue weighted by Crippen LogP contribution is -2.66. The Balaban J connectivity index is 0.619. The van der Waals surface area contributed by atoms with Gasteiger partial charge in [-0.1, -0.05) is 58.9 Å². The van der Waals surface area contributed by atoms with Gasteiger partial charge in [0.05, 0.1) is 65.8 Å². The summed E-state index contributed by atoms with van der Waals surface area (Å²) in [6.07, 6.45) is 4.06. The van der Waals surface area contributed by atoms with E-state index in [1.165, 1.54) is 23.4 Å². The number of amides is 4. The first-order valence-corrected chi connectivity index (χ1v) is 30.6. The molecule has 1 spiro atoms. The zero-order chi connectivity index (χ0) is 58.8. The number of carbonyl (C=O) groups is 4. The van der Waals surface area contributed by atoms with Crippen LogP contribution in [0.3, 0.4) is 0 Å². The van der Waals surface area contributed by atoms with E-state index in [0.717, 1.165) is 86.2 Å². The van der Waals surface area contributed by atoms with Crippen LogP contribution >= 0.6 is 11.3 Å². The van der Waals surface area contributed by atoms with Crippen LogP contribution in [0.5, 0.6) is 0 Å². The van der Waals surface area contributed by atoms with Gasteiger partial charge in [-0.05, 0) is 92.5 Å². The van der Waals surface area contributed by atoms with E-state index < -0.39 is 40.8 Å². The van der Waals surface area contributed by atoms with Gasteiger partial charge in [0.15, 0.2) is 0 Å². The number of hydrogen-bond donors (Lipinski definition) is 5. The third-order valence-corrected chi connectivity index (χ3v) is 19.1. The van der Waals surface area contributed by atoms with Crippen LogP contribution in [0.15, 0.2) is 54.3 Å². The molecular formula is C61H85F2N13O6S. The number of piperidine rings is 2. The number of benzene rings is 2. The Bertz CT molecular complexity index is 2930. The van der Waals surface area contributed by atoms with Crippen LogP contribution in [0.2, 0.25) is 0 Å². The van der Waals surface area contributed by atoms with E-state index in [1.54, 1.807) is 16.2 Å². The number of anilines is 3. The molecule has 0 radical (unpaired) electrons. The second-order valence-corrected chi connectivity index (χ2v) is 27.0. The molecule has 2 aromatic heterocycles. The molecule has 4 amide bonds. The minimum atomic E-state index is -0.902. The van der Waals surface area contributed by atoms with E-state index in [4.69, 9.17) is 4.74 Å². The molecule has 8 heterocycles. The molecule has 6 aliphatic rings. The Hall–Kier alpha value is -5.91. The lowest BCUT2D eigenvalue weighted by molar-refractivity contribution is -0.144. The molecule has 450 valence electrons. The zero-order valence-electron chi connectivity index (χ0n) is 49.4. The molecule has 4 aromatic rings. The largest absolute Gasteiger partial charge is 0.391 e. The van der Waals surface area contributed by atoms with Crippen LogP contribution in [0.4, 0.5) is 26.1 Å². The number of likely N-dealkylation sites (tertiary alicyclic amines) is 4. The Morgan fingerprint density at radius 1 is 0.867 bits per heavy atom. The maximum Gasteiger partial charge on any atom is 0.246 e. The number of hydrogen-bond acceptors (Lipinski definition) is 16. The number of halogens is 2. The summed E-state index contributed by atoms with van der Waals surface area (Å²) in [5.74, 6) is 0.174. The van der Waals surface area contributed by atoms with Gasteiger partial charge < -0.3 is 50.7 Å². The lowest BCUT2D eigenvalue weighted by Gasteiger charge is -2.48. The molecule has 10 rings (SSSR count). The summed E-state index contributed by atoms with van der Waals surface area (Å²) < 4.78 is 37.3. The first-order valence-electron chi connectivity index (χ1n) is 29.8. The van der Waals surface area contributed by atoms with Crippen molar-refractivity contribution in [3.8, 4) is 10.4 Å². The van der Waals surface area contributed by atoms with Gasteiger partial charge >= 0.3 is 0 Å². The Kier molecular flexibility index (Phi) is 18.4. The van der Waals surface area contributed by atoms with Crippen molar-refractivity contribution < 1.29 is 37.8 Å². The Morgan fingerprint density at radius 2 is 1.58 bits per heavy atom. The molecule has 5 N–H and O–H groups in total. The van der Waals surface area contributed by atoms with Crippen LogP contribution in [0.1, 0.15) is 96.5 Å². The van der Waals surface area contributed by atoms with E-state index in [2.05, 4.69) is 69.7 Å². The maximum absolute atomic E-state index is 15.7. The summed E-state index contributed by atoms with van der Waals surface area (Å²) in [5.41, 5.74) is 4.25. The Labute approximate surface area is 491 Å². The third-order valence-electron chi connectivity index (χ3n) is 18.2. The van der Waals surface area contributed by atoms with Crippen molar-refractivity contribution in [3.63, 3.8) is 0 Å². The van der Waals surface area contributed by atoms with Gasteiger partial charge in [0, 0.05) is 96.1 Å². The summed E-state index contributed by atoms with van der Waals surface area (Å²) in [4.78, 5) is 81.5. The topological polar surface area (TPSA) is 204 Å². The third kappa shape index (κ3) is 14.6.